The highest BCUT2D eigenvalue weighted by molar-refractivity contribution is 5.89. The molecule has 0 amide bonds. The van der Waals surface area contributed by atoms with E-state index in [1.54, 1.807) is 25.1 Å². The zero-order valence-electron chi connectivity index (χ0n) is 21.8. The number of hydrogen-bond acceptors (Lipinski definition) is 7. The molecule has 0 unspecified atom stereocenters. The predicted octanol–water partition coefficient (Wildman–Crippen LogP) is 3.57. The van der Waals surface area contributed by atoms with Gasteiger partial charge in [0.2, 0.25) is 11.8 Å². The lowest BCUT2D eigenvalue weighted by molar-refractivity contribution is -0.0675. The maximum atomic E-state index is 15.3. The quantitative estimate of drug-likeness (QED) is 0.410. The Hall–Kier alpha value is -3.48. The Kier molecular flexibility index (Phi) is 4.88. The van der Waals surface area contributed by atoms with Crippen molar-refractivity contribution in [2.24, 2.45) is 0 Å². The summed E-state index contributed by atoms with van der Waals surface area (Å²) in [7, 11) is 1.30. The summed E-state index contributed by atoms with van der Waals surface area (Å²) in [5, 5.41) is 14.7. The van der Waals surface area contributed by atoms with E-state index >= 15 is 4.39 Å². The zero-order chi connectivity index (χ0) is 27.4. The van der Waals surface area contributed by atoms with Crippen LogP contribution in [-0.2, 0) is 0 Å². The monoisotopic (exact) mass is 495 g/mol. The third kappa shape index (κ3) is 4.03. The molecule has 13 heteroatoms. The highest BCUT2D eigenvalue weighted by Crippen LogP contribution is 2.36. The first-order valence-corrected chi connectivity index (χ1v) is 10.9. The Balaban J connectivity index is 1.52. The number of rotatable bonds is 6. The first-order valence-electron chi connectivity index (χ1n) is 12.4. The van der Waals surface area contributed by atoms with Crippen molar-refractivity contribution in [2.75, 3.05) is 39.2 Å². The fraction of sp³-hybridized carbons (Fsp3) is 0.455. The van der Waals surface area contributed by atoms with E-state index in [0.717, 1.165) is 15.6 Å². The van der Waals surface area contributed by atoms with E-state index in [0.29, 0.717) is 16.6 Å². The normalized spacial score (nSPS) is 21.0. The summed E-state index contributed by atoms with van der Waals surface area (Å²) >= 11 is 0. The number of nitrogens with zero attached hydrogens (tertiary/aromatic N) is 7. The van der Waals surface area contributed by atoms with Crippen molar-refractivity contribution in [3.8, 4) is 17.0 Å². The van der Waals surface area contributed by atoms with Crippen molar-refractivity contribution in [1.82, 2.24) is 34.5 Å². The van der Waals surface area contributed by atoms with E-state index < -0.39 is 44.0 Å². The van der Waals surface area contributed by atoms with Crippen LogP contribution in [0.1, 0.15) is 23.5 Å². The standard InChI is InChI=1S/C22H24F4N8O/c1-12(9-23)34-16-8-13(4-5-15(16)29-31-34)18-14(24)10-33-19(18)20(35-3)28-21(30-33)27-17-6-7-32(2)11-22(17,25)26/h4-5,8,10,12,17H,6-7,9,11H2,1-3H3,(H,27,30)/t12-,17-/m1/s1/i2D3. The van der Waals surface area contributed by atoms with Crippen LogP contribution < -0.4 is 10.1 Å². The highest BCUT2D eigenvalue weighted by Gasteiger charge is 2.44. The Labute approximate surface area is 201 Å². The molecule has 5 rings (SSSR count). The van der Waals surface area contributed by atoms with Gasteiger partial charge in [-0.3, -0.25) is 0 Å². The number of piperidine rings is 1. The van der Waals surface area contributed by atoms with Gasteiger partial charge in [0.1, 0.15) is 17.7 Å². The second-order valence-corrected chi connectivity index (χ2v) is 8.50. The molecule has 35 heavy (non-hydrogen) atoms. The molecule has 1 N–H and O–H groups in total. The molecular weight excluding hydrogens is 468 g/mol. The number of likely N-dealkylation sites (tertiary alicyclic amines) is 1. The van der Waals surface area contributed by atoms with Crippen LogP contribution in [-0.4, -0.2) is 80.3 Å². The summed E-state index contributed by atoms with van der Waals surface area (Å²) in [5.41, 5.74) is 1.63. The van der Waals surface area contributed by atoms with Gasteiger partial charge in [0.25, 0.3) is 5.92 Å². The van der Waals surface area contributed by atoms with Gasteiger partial charge in [-0.15, -0.1) is 10.2 Å². The number of ether oxygens (including phenoxy) is 1. The molecule has 0 bridgehead atoms. The Bertz CT molecular complexity index is 1490. The van der Waals surface area contributed by atoms with Crippen LogP contribution in [0.5, 0.6) is 5.88 Å². The molecular formula is C22H24F4N8O. The van der Waals surface area contributed by atoms with E-state index in [2.05, 4.69) is 25.7 Å². The first-order chi connectivity index (χ1) is 17.9. The number of nitrogens with one attached hydrogen (secondary N) is 1. The number of alkyl halides is 3. The van der Waals surface area contributed by atoms with Gasteiger partial charge >= 0.3 is 0 Å². The minimum Gasteiger partial charge on any atom is -0.479 e. The summed E-state index contributed by atoms with van der Waals surface area (Å²) in [5.74, 6) is -4.39. The number of halogens is 4. The lowest BCUT2D eigenvalue weighted by Gasteiger charge is -2.36. The van der Waals surface area contributed by atoms with Crippen LogP contribution in [0.25, 0.3) is 27.7 Å². The predicted molar refractivity (Wildman–Crippen MR) is 121 cm³/mol. The second-order valence-electron chi connectivity index (χ2n) is 8.50. The number of anilines is 1. The molecule has 1 fully saturated rings. The van der Waals surface area contributed by atoms with Crippen molar-refractivity contribution in [2.45, 2.75) is 31.4 Å². The molecule has 1 aromatic carbocycles. The molecule has 0 radical (unpaired) electrons. The fourth-order valence-electron chi connectivity index (χ4n) is 4.26. The van der Waals surface area contributed by atoms with Crippen LogP contribution >= 0.6 is 0 Å². The lowest BCUT2D eigenvalue weighted by atomic mass is 10.0. The van der Waals surface area contributed by atoms with Gasteiger partial charge in [0.15, 0.2) is 5.82 Å². The van der Waals surface area contributed by atoms with Crippen molar-refractivity contribution in [1.29, 1.82) is 0 Å². The average molecular weight is 495 g/mol. The summed E-state index contributed by atoms with van der Waals surface area (Å²) in [6.07, 6.45) is 0.888. The summed E-state index contributed by atoms with van der Waals surface area (Å²) in [6, 6.07) is 2.83. The van der Waals surface area contributed by atoms with Crippen molar-refractivity contribution in [3.63, 3.8) is 0 Å². The van der Waals surface area contributed by atoms with Crippen molar-refractivity contribution in [3.05, 3.63) is 30.2 Å². The second kappa shape index (κ2) is 8.63. The average Bonchev–Trinajstić information content (AvgIpc) is 3.43. The topological polar surface area (TPSA) is 85.4 Å². The smallest absolute Gasteiger partial charge is 0.280 e. The molecule has 0 aliphatic carbocycles. The molecule has 186 valence electrons. The minimum atomic E-state index is -3.39. The maximum absolute atomic E-state index is 15.3. The Morgan fingerprint density at radius 2 is 2.20 bits per heavy atom. The molecule has 1 aliphatic rings. The van der Waals surface area contributed by atoms with Gasteiger partial charge in [0, 0.05) is 10.7 Å². The molecule has 1 saturated heterocycles. The van der Waals surface area contributed by atoms with Gasteiger partial charge in [-0.1, -0.05) is 11.3 Å². The molecule has 3 aromatic heterocycles. The molecule has 2 atom stereocenters. The van der Waals surface area contributed by atoms with Crippen LogP contribution in [0.4, 0.5) is 23.5 Å². The van der Waals surface area contributed by atoms with Crippen LogP contribution in [0.2, 0.25) is 0 Å². The third-order valence-electron chi connectivity index (χ3n) is 6.05. The molecule has 0 spiro atoms. The van der Waals surface area contributed by atoms with Gasteiger partial charge in [0.05, 0.1) is 43.0 Å². The largest absolute Gasteiger partial charge is 0.479 e. The van der Waals surface area contributed by atoms with E-state index in [-0.39, 0.29) is 35.9 Å². The van der Waals surface area contributed by atoms with Crippen molar-refractivity contribution >= 4 is 22.5 Å². The first kappa shape index (κ1) is 19.8. The van der Waals surface area contributed by atoms with Crippen LogP contribution in [0, 0.1) is 5.82 Å². The lowest BCUT2D eigenvalue weighted by Crippen LogP contribution is -2.53. The molecule has 1 aliphatic heterocycles. The van der Waals surface area contributed by atoms with Gasteiger partial charge in [-0.05, 0) is 38.0 Å². The van der Waals surface area contributed by atoms with Gasteiger partial charge < -0.3 is 15.0 Å². The zero-order valence-corrected chi connectivity index (χ0v) is 18.8. The van der Waals surface area contributed by atoms with E-state index in [1.807, 2.05) is 0 Å². The molecule has 4 aromatic rings. The summed E-state index contributed by atoms with van der Waals surface area (Å²) < 4.78 is 88.3. The summed E-state index contributed by atoms with van der Waals surface area (Å²) in [6.45, 7) is -2.71. The fourth-order valence-corrected chi connectivity index (χ4v) is 4.26. The number of methoxy groups -OCH3 is 1. The van der Waals surface area contributed by atoms with E-state index in [4.69, 9.17) is 8.85 Å². The van der Waals surface area contributed by atoms with Crippen LogP contribution in [0.15, 0.2) is 24.4 Å². The SMILES string of the molecule is [2H]C([2H])([2H])N1CC[C@@H](Nc2nc(OC)c3c(-c4ccc5nnn([C@H](C)CF)c5c4)c(F)cn3n2)C(F)(F)C1. The maximum Gasteiger partial charge on any atom is 0.280 e. The molecule has 9 nitrogen and oxygen atoms in total. The van der Waals surface area contributed by atoms with Crippen molar-refractivity contribution < 1.29 is 26.4 Å². The van der Waals surface area contributed by atoms with Gasteiger partial charge in [-0.25, -0.2) is 26.8 Å². The Morgan fingerprint density at radius 3 is 2.91 bits per heavy atom. The number of aromatic nitrogens is 6. The number of fused-ring (bicyclic) bond motifs is 2. The summed E-state index contributed by atoms with van der Waals surface area (Å²) in [4.78, 5) is 4.93. The third-order valence-corrected chi connectivity index (χ3v) is 6.05. The number of hydrogen-bond donors (Lipinski definition) is 1. The molecule has 4 heterocycles. The van der Waals surface area contributed by atoms with E-state index in [9.17, 15) is 13.2 Å². The van der Waals surface area contributed by atoms with E-state index in [1.165, 1.54) is 11.8 Å². The van der Waals surface area contributed by atoms with Gasteiger partial charge in [-0.2, -0.15) is 4.98 Å². The minimum absolute atomic E-state index is 0.0755. The number of benzene rings is 1. The molecule has 0 saturated carbocycles. The van der Waals surface area contributed by atoms with Crippen LogP contribution in [0.3, 0.4) is 0 Å². The Morgan fingerprint density at radius 1 is 1.37 bits per heavy atom. The highest BCUT2D eigenvalue weighted by atomic mass is 19.3.